The number of ether oxygens (including phenoxy) is 1. The van der Waals surface area contributed by atoms with Crippen LogP contribution in [0.2, 0.25) is 0 Å². The van der Waals surface area contributed by atoms with Crippen molar-refractivity contribution >= 4 is 17.8 Å². The highest BCUT2D eigenvalue weighted by Gasteiger charge is 2.26. The van der Waals surface area contributed by atoms with E-state index in [1.54, 1.807) is 0 Å². The summed E-state index contributed by atoms with van der Waals surface area (Å²) in [6.45, 7) is 0. The number of aliphatic carboxylic acids is 1. The first-order valence-electron chi connectivity index (χ1n) is 6.79. The molecule has 1 aromatic rings. The molecule has 0 unspecified atom stereocenters. The number of methoxy groups -OCH3 is 1. The first kappa shape index (κ1) is 17.6. The average molecular weight is 308 g/mol. The molecule has 0 saturated carbocycles. The summed E-state index contributed by atoms with van der Waals surface area (Å²) in [7, 11) is 2.72. The van der Waals surface area contributed by atoms with Crippen molar-refractivity contribution in [1.29, 1.82) is 0 Å². The van der Waals surface area contributed by atoms with Gasteiger partial charge in [0.2, 0.25) is 5.91 Å². The zero-order valence-corrected chi connectivity index (χ0v) is 12.5. The number of carboxylic acids is 1. The van der Waals surface area contributed by atoms with Gasteiger partial charge in [-0.15, -0.1) is 0 Å². The highest BCUT2D eigenvalue weighted by Crippen LogP contribution is 2.05. The van der Waals surface area contributed by atoms with Gasteiger partial charge >= 0.3 is 11.9 Å². The summed E-state index contributed by atoms with van der Waals surface area (Å²) in [5.74, 6) is -2.24. The molecule has 120 valence electrons. The number of carbonyl (C=O) groups excluding carboxylic acids is 2. The van der Waals surface area contributed by atoms with Gasteiger partial charge in [-0.2, -0.15) is 0 Å². The fourth-order valence-electron chi connectivity index (χ4n) is 1.96. The number of esters is 1. The van der Waals surface area contributed by atoms with Gasteiger partial charge in [0.1, 0.15) is 6.04 Å². The third-order valence-electron chi connectivity index (χ3n) is 3.13. The predicted molar refractivity (Wildman–Crippen MR) is 79.2 cm³/mol. The van der Waals surface area contributed by atoms with Crippen LogP contribution in [0, 0.1) is 0 Å². The first-order valence-corrected chi connectivity index (χ1v) is 6.79. The van der Waals surface area contributed by atoms with Crippen molar-refractivity contribution in [2.75, 3.05) is 14.2 Å². The number of amides is 1. The minimum Gasteiger partial charge on any atom is -0.481 e. The van der Waals surface area contributed by atoms with Crippen LogP contribution < -0.4 is 10.6 Å². The molecule has 0 aliphatic heterocycles. The Bertz CT molecular complexity index is 518. The third kappa shape index (κ3) is 5.53. The summed E-state index contributed by atoms with van der Waals surface area (Å²) < 4.78 is 4.69. The molecule has 1 amide bonds. The molecule has 0 spiro atoms. The number of nitrogens with one attached hydrogen (secondary N) is 2. The number of hydrogen-bond donors (Lipinski definition) is 3. The standard InChI is InChI=1S/C15H20N2O5/c1-16-11(9-13(18)19)14(20)17-12(15(21)22-2)8-10-6-4-3-5-7-10/h3-7,11-12,16H,8-9H2,1-2H3,(H,17,20)(H,18,19)/t11-,12-/m0/s1. The van der Waals surface area contributed by atoms with Crippen LogP contribution in [0.15, 0.2) is 30.3 Å². The molecule has 1 aromatic carbocycles. The van der Waals surface area contributed by atoms with E-state index in [1.165, 1.54) is 14.2 Å². The molecule has 7 nitrogen and oxygen atoms in total. The second-order valence-corrected chi connectivity index (χ2v) is 4.71. The molecule has 3 N–H and O–H groups in total. The zero-order chi connectivity index (χ0) is 16.5. The summed E-state index contributed by atoms with van der Waals surface area (Å²) in [5.41, 5.74) is 0.859. The third-order valence-corrected chi connectivity index (χ3v) is 3.13. The number of carboxylic acid groups (broad SMARTS) is 1. The smallest absolute Gasteiger partial charge is 0.328 e. The van der Waals surface area contributed by atoms with Crippen LogP contribution in [0.5, 0.6) is 0 Å². The second kappa shape index (κ2) is 8.78. The Morgan fingerprint density at radius 2 is 1.82 bits per heavy atom. The van der Waals surface area contributed by atoms with E-state index in [-0.39, 0.29) is 12.8 Å². The highest BCUT2D eigenvalue weighted by molar-refractivity contribution is 5.90. The highest BCUT2D eigenvalue weighted by atomic mass is 16.5. The van der Waals surface area contributed by atoms with Crippen molar-refractivity contribution in [3.8, 4) is 0 Å². The topological polar surface area (TPSA) is 105 Å². The van der Waals surface area contributed by atoms with Crippen LogP contribution in [0.4, 0.5) is 0 Å². The molecule has 0 bridgehead atoms. The largest absolute Gasteiger partial charge is 0.481 e. The zero-order valence-electron chi connectivity index (χ0n) is 12.5. The van der Waals surface area contributed by atoms with Crippen LogP contribution >= 0.6 is 0 Å². The molecule has 0 heterocycles. The summed E-state index contributed by atoms with van der Waals surface area (Å²) in [6.07, 6.45) is -0.107. The first-order chi connectivity index (χ1) is 10.5. The fraction of sp³-hybridized carbons (Fsp3) is 0.400. The van der Waals surface area contributed by atoms with Gasteiger partial charge in [-0.1, -0.05) is 30.3 Å². The van der Waals surface area contributed by atoms with Gasteiger partial charge in [0, 0.05) is 6.42 Å². The lowest BCUT2D eigenvalue weighted by atomic mass is 10.1. The van der Waals surface area contributed by atoms with Crippen molar-refractivity contribution in [2.24, 2.45) is 0 Å². The average Bonchev–Trinajstić information content (AvgIpc) is 2.51. The predicted octanol–water partition coefficient (Wildman–Crippen LogP) is -0.0504. The summed E-state index contributed by atoms with van der Waals surface area (Å²) in [4.78, 5) is 34.6. The van der Waals surface area contributed by atoms with Gasteiger partial charge in [-0.3, -0.25) is 9.59 Å². The molecule has 2 atom stereocenters. The van der Waals surface area contributed by atoms with Crippen LogP contribution in [0.25, 0.3) is 0 Å². The minimum absolute atomic E-state index is 0.267. The maximum Gasteiger partial charge on any atom is 0.328 e. The van der Waals surface area contributed by atoms with E-state index in [4.69, 9.17) is 5.11 Å². The summed E-state index contributed by atoms with van der Waals surface area (Å²) in [5, 5.41) is 13.9. The molecule has 0 radical (unpaired) electrons. The molecular weight excluding hydrogens is 288 g/mol. The molecule has 0 aromatic heterocycles. The molecular formula is C15H20N2O5. The Kier molecular flexibility index (Phi) is 7.04. The summed E-state index contributed by atoms with van der Waals surface area (Å²) >= 11 is 0. The Hall–Kier alpha value is -2.41. The Labute approximate surface area is 128 Å². The molecule has 7 heteroatoms. The second-order valence-electron chi connectivity index (χ2n) is 4.71. The lowest BCUT2D eigenvalue weighted by molar-refractivity contribution is -0.145. The normalized spacial score (nSPS) is 13.0. The van der Waals surface area contributed by atoms with Crippen LogP contribution in [-0.4, -0.2) is 49.2 Å². The maximum atomic E-state index is 12.1. The minimum atomic E-state index is -1.10. The SMILES string of the molecule is CN[C@@H](CC(=O)O)C(=O)N[C@@H](Cc1ccccc1)C(=O)OC. The Morgan fingerprint density at radius 1 is 1.18 bits per heavy atom. The van der Waals surface area contributed by atoms with Gasteiger partial charge in [-0.05, 0) is 12.6 Å². The number of carbonyl (C=O) groups is 3. The van der Waals surface area contributed by atoms with Crippen molar-refractivity contribution in [3.63, 3.8) is 0 Å². The van der Waals surface area contributed by atoms with Crippen molar-refractivity contribution in [2.45, 2.75) is 24.9 Å². The lowest BCUT2D eigenvalue weighted by Crippen LogP contribution is -2.51. The lowest BCUT2D eigenvalue weighted by Gasteiger charge is -2.20. The molecule has 0 aliphatic carbocycles. The van der Waals surface area contributed by atoms with Gasteiger partial charge < -0.3 is 20.5 Å². The van der Waals surface area contributed by atoms with E-state index in [0.29, 0.717) is 0 Å². The van der Waals surface area contributed by atoms with Crippen molar-refractivity contribution in [1.82, 2.24) is 10.6 Å². The van der Waals surface area contributed by atoms with E-state index >= 15 is 0 Å². The molecule has 0 fully saturated rings. The number of benzene rings is 1. The number of likely N-dealkylation sites (N-methyl/N-ethyl adjacent to an activating group) is 1. The molecule has 1 rings (SSSR count). The maximum absolute atomic E-state index is 12.1. The van der Waals surface area contributed by atoms with E-state index in [1.807, 2.05) is 30.3 Å². The molecule has 22 heavy (non-hydrogen) atoms. The quantitative estimate of drug-likeness (QED) is 0.582. The van der Waals surface area contributed by atoms with E-state index in [2.05, 4.69) is 15.4 Å². The molecule has 0 aliphatic rings. The Balaban J connectivity index is 2.78. The van der Waals surface area contributed by atoms with Gasteiger partial charge in [0.25, 0.3) is 0 Å². The van der Waals surface area contributed by atoms with E-state index < -0.39 is 29.9 Å². The van der Waals surface area contributed by atoms with Crippen molar-refractivity contribution in [3.05, 3.63) is 35.9 Å². The van der Waals surface area contributed by atoms with Crippen LogP contribution in [0.1, 0.15) is 12.0 Å². The van der Waals surface area contributed by atoms with Crippen molar-refractivity contribution < 1.29 is 24.2 Å². The number of rotatable bonds is 8. The summed E-state index contributed by atoms with van der Waals surface area (Å²) in [6, 6.07) is 7.37. The fourth-order valence-corrected chi connectivity index (χ4v) is 1.96. The van der Waals surface area contributed by atoms with Gasteiger partial charge in [-0.25, -0.2) is 4.79 Å². The van der Waals surface area contributed by atoms with E-state index in [9.17, 15) is 14.4 Å². The Morgan fingerprint density at radius 3 is 2.32 bits per heavy atom. The van der Waals surface area contributed by atoms with E-state index in [0.717, 1.165) is 5.56 Å². The van der Waals surface area contributed by atoms with Crippen LogP contribution in [0.3, 0.4) is 0 Å². The van der Waals surface area contributed by atoms with Gasteiger partial charge in [0.05, 0.1) is 19.6 Å². The number of hydrogen-bond acceptors (Lipinski definition) is 5. The van der Waals surface area contributed by atoms with Crippen LogP contribution in [-0.2, 0) is 25.5 Å². The molecule has 0 saturated heterocycles. The van der Waals surface area contributed by atoms with Gasteiger partial charge in [0.15, 0.2) is 0 Å². The monoisotopic (exact) mass is 308 g/mol.